The Hall–Kier alpha value is -2.65. The van der Waals surface area contributed by atoms with Gasteiger partial charge < -0.3 is 14.2 Å². The molecule has 0 saturated carbocycles. The van der Waals surface area contributed by atoms with Crippen LogP contribution in [0.3, 0.4) is 0 Å². The van der Waals surface area contributed by atoms with Crippen molar-refractivity contribution < 1.29 is 68.3 Å². The topological polar surface area (TPSA) is 134 Å². The number of hydrogen-bond acceptors (Lipinski definition) is 10. The third-order valence-corrected chi connectivity index (χ3v) is 9.12. The van der Waals surface area contributed by atoms with Gasteiger partial charge in [-0.25, -0.2) is 0 Å². The van der Waals surface area contributed by atoms with Gasteiger partial charge in [-0.05, 0) is 0 Å². The van der Waals surface area contributed by atoms with E-state index in [1.165, 1.54) is 2.78 Å². The number of halogens is 3. The summed E-state index contributed by atoms with van der Waals surface area (Å²) in [5.74, 6) is -2.22. The number of hydrogen-bond donors (Lipinski definition) is 0. The molecule has 2 aromatic rings. The number of carbonyl (C=O) groups excluding carboxylic acids is 2. The first-order chi connectivity index (χ1) is 21.9. The number of ether oxygens (including phenoxy) is 6. The van der Waals surface area contributed by atoms with Gasteiger partial charge in [0.15, 0.2) is 0 Å². The number of imidazole rings is 1. The van der Waals surface area contributed by atoms with Gasteiger partial charge in [-0.15, -0.1) is 0 Å². The molecule has 0 saturated heterocycles. The molecule has 0 spiro atoms. The fraction of sp³-hybridized carbons (Fsp3) is 0.667. The molecule has 15 heteroatoms. The van der Waals surface area contributed by atoms with E-state index in [2.05, 4.69) is 11.9 Å². The molecular weight excluding hydrogens is 709 g/mol. The first kappa shape index (κ1) is 38.5. The number of benzene rings is 1. The Morgan fingerprint density at radius 2 is 1.56 bits per heavy atom. The van der Waals surface area contributed by atoms with Gasteiger partial charge in [0, 0.05) is 7.11 Å². The Labute approximate surface area is 273 Å². The minimum absolute atomic E-state index is 0.0242. The number of anilines is 1. The maximum atomic E-state index is 15.4. The van der Waals surface area contributed by atoms with Crippen molar-refractivity contribution in [3.05, 3.63) is 23.3 Å². The van der Waals surface area contributed by atoms with Gasteiger partial charge in [0.1, 0.15) is 0 Å². The zero-order chi connectivity index (χ0) is 32.9. The Morgan fingerprint density at radius 1 is 0.933 bits per heavy atom. The predicted octanol–water partition coefficient (Wildman–Crippen LogP) is 1.95. The molecule has 0 aliphatic carbocycles. The Morgan fingerprint density at radius 3 is 2.18 bits per heavy atom. The molecule has 2 rings (SSSR count). The van der Waals surface area contributed by atoms with E-state index in [1.807, 2.05) is 6.92 Å². The number of rotatable bonds is 24. The van der Waals surface area contributed by atoms with Crippen molar-refractivity contribution in [3.63, 3.8) is 0 Å². The van der Waals surface area contributed by atoms with Crippen LogP contribution in [0.4, 0.5) is 19.5 Å². The van der Waals surface area contributed by atoms with Gasteiger partial charge in [-0.2, -0.15) is 0 Å². The number of fused-ring (bicyclic) bond motifs is 1. The van der Waals surface area contributed by atoms with Crippen molar-refractivity contribution in [2.45, 2.75) is 58.8 Å². The van der Waals surface area contributed by atoms with Crippen LogP contribution in [-0.4, -0.2) is 91.0 Å². The van der Waals surface area contributed by atoms with Crippen LogP contribution in [0.25, 0.3) is 11.0 Å². The monoisotopic (exact) mass is 753 g/mol. The summed E-state index contributed by atoms with van der Waals surface area (Å²) in [7, 11) is 1.60. The van der Waals surface area contributed by atoms with Crippen LogP contribution >= 0.6 is 0 Å². The zero-order valence-electron chi connectivity index (χ0n) is 26.3. The van der Waals surface area contributed by atoms with E-state index in [0.717, 1.165) is 43.1 Å². The maximum absolute atomic E-state index is 15.4. The van der Waals surface area contributed by atoms with Crippen molar-refractivity contribution in [1.82, 2.24) is 7.76 Å². The quantitative estimate of drug-likeness (QED) is 0.0515. The predicted molar refractivity (Wildman–Crippen MR) is 157 cm³/mol. The normalized spacial score (nSPS) is 11.2. The number of methoxy groups -OCH3 is 1. The van der Waals surface area contributed by atoms with E-state index in [1.54, 1.807) is 13.2 Å². The number of carbonyl (C=O) groups is 2. The molecule has 0 bridgehead atoms. The molecule has 0 aliphatic rings. The molecule has 0 radical (unpaired) electrons. The molecule has 45 heavy (non-hydrogen) atoms. The van der Waals surface area contributed by atoms with Crippen LogP contribution in [0.5, 0.6) is 0 Å². The van der Waals surface area contributed by atoms with E-state index in [-0.39, 0.29) is 43.2 Å². The second kappa shape index (κ2) is 22.8. The van der Waals surface area contributed by atoms with Gasteiger partial charge in [-0.3, -0.25) is 0 Å². The molecule has 254 valence electrons. The van der Waals surface area contributed by atoms with Crippen LogP contribution in [0.2, 0.25) is 0 Å². The van der Waals surface area contributed by atoms with Gasteiger partial charge in [0.05, 0.1) is 26.4 Å². The number of unbranched alkanes of at least 4 members (excludes halogenated alkanes) is 4. The summed E-state index contributed by atoms with van der Waals surface area (Å²) in [5, 5.41) is 9.36. The SMILES string of the molecule is CCCCC[I-]n1c(N(COC(=O)OCCOCCOCCOCCOC)C(=O)CCCCC)nc2c(F)cc(C#N)c(F)c21. The molecule has 1 heterocycles. The van der Waals surface area contributed by atoms with Crippen LogP contribution in [0.15, 0.2) is 6.07 Å². The first-order valence-electron chi connectivity index (χ1n) is 15.1. The fourth-order valence-corrected chi connectivity index (χ4v) is 6.73. The molecule has 1 aromatic carbocycles. The van der Waals surface area contributed by atoms with Crippen LogP contribution < -0.4 is 26.4 Å². The van der Waals surface area contributed by atoms with E-state index in [4.69, 9.17) is 28.4 Å². The van der Waals surface area contributed by atoms with Crippen LogP contribution in [-0.2, 0) is 33.2 Å². The Kier molecular flexibility index (Phi) is 19.5. The summed E-state index contributed by atoms with van der Waals surface area (Å²) >= 11 is -1.01. The molecule has 0 unspecified atom stereocenters. The second-order valence-corrected chi connectivity index (χ2v) is 12.4. The summed E-state index contributed by atoms with van der Waals surface area (Å²) < 4.78 is 63.8. The van der Waals surface area contributed by atoms with Crippen molar-refractivity contribution in [2.75, 3.05) is 76.0 Å². The Bertz CT molecular complexity index is 1230. The number of amides is 1. The summed E-state index contributed by atoms with van der Waals surface area (Å²) in [6.07, 6.45) is 4.11. The molecular formula is C30H44F2IN4O8-. The van der Waals surface area contributed by atoms with Crippen molar-refractivity contribution >= 4 is 29.0 Å². The molecule has 1 amide bonds. The Balaban J connectivity index is 2.06. The number of alkyl halides is 1. The van der Waals surface area contributed by atoms with Crippen molar-refractivity contribution in [2.24, 2.45) is 0 Å². The zero-order valence-corrected chi connectivity index (χ0v) is 28.4. The van der Waals surface area contributed by atoms with E-state index >= 15 is 8.78 Å². The summed E-state index contributed by atoms with van der Waals surface area (Å²) in [4.78, 5) is 31.2. The number of aromatic nitrogens is 2. The average molecular weight is 754 g/mol. The number of nitriles is 1. The second-order valence-electron chi connectivity index (χ2n) is 9.72. The summed E-state index contributed by atoms with van der Waals surface area (Å²) in [6.45, 7) is 5.98. The number of nitrogens with zero attached hydrogens (tertiary/aromatic N) is 4. The van der Waals surface area contributed by atoms with Gasteiger partial charge in [-0.1, -0.05) is 0 Å². The third kappa shape index (κ3) is 13.3. The summed E-state index contributed by atoms with van der Waals surface area (Å²) in [6, 6.07) is 2.47. The molecule has 0 N–H and O–H groups in total. The van der Waals surface area contributed by atoms with Gasteiger partial charge in [0.25, 0.3) is 0 Å². The van der Waals surface area contributed by atoms with Crippen molar-refractivity contribution in [1.29, 1.82) is 5.26 Å². The van der Waals surface area contributed by atoms with E-state index in [9.17, 15) is 14.9 Å². The molecule has 1 aromatic heterocycles. The van der Waals surface area contributed by atoms with Crippen molar-refractivity contribution in [3.8, 4) is 6.07 Å². The third-order valence-electron chi connectivity index (χ3n) is 6.28. The molecule has 0 atom stereocenters. The van der Waals surface area contributed by atoms with Gasteiger partial charge in [0.2, 0.25) is 0 Å². The minimum atomic E-state index is -1.04. The molecule has 12 nitrogen and oxygen atoms in total. The fourth-order valence-electron chi connectivity index (χ4n) is 3.91. The summed E-state index contributed by atoms with van der Waals surface area (Å²) in [5.41, 5.74) is -0.906. The standard InChI is InChI=1S/C30H44F2IN4O8/c1-4-6-8-10-25(38)36(22-45-30(39)44-19-18-43-17-16-42-15-14-41-13-12-40-3)29-35-27-24(31)20-23(21-34)26(32)28(27)37(29)33-11-9-7-5-2/h20H,4-19,22H2,1-3H3/q-1. The first-order valence-corrected chi connectivity index (χ1v) is 17.6. The van der Waals surface area contributed by atoms with Crippen LogP contribution in [0.1, 0.15) is 64.4 Å². The van der Waals surface area contributed by atoms with Crippen LogP contribution in [0, 0.1) is 23.0 Å². The van der Waals surface area contributed by atoms with E-state index in [0.29, 0.717) is 43.9 Å². The van der Waals surface area contributed by atoms with E-state index < -0.39 is 57.5 Å². The molecule has 0 fully saturated rings. The molecule has 0 aliphatic heterocycles. The van der Waals surface area contributed by atoms with Gasteiger partial charge >= 0.3 is 227 Å². The average Bonchev–Trinajstić information content (AvgIpc) is 3.41.